The molecule has 1 aromatic heterocycles. The molecule has 2 aliphatic heterocycles. The topological polar surface area (TPSA) is 56.8 Å². The van der Waals surface area contributed by atoms with E-state index in [9.17, 15) is 9.59 Å². The van der Waals surface area contributed by atoms with Crippen molar-refractivity contribution in [2.45, 2.75) is 39.0 Å². The largest absolute Gasteiger partial charge is 0.353 e. The van der Waals surface area contributed by atoms with Crippen LogP contribution in [0.5, 0.6) is 0 Å². The number of anilines is 1. The molecule has 6 heteroatoms. The third kappa shape index (κ3) is 4.50. The lowest BCUT2D eigenvalue weighted by Crippen LogP contribution is -2.49. The predicted octanol–water partition coefficient (Wildman–Crippen LogP) is 1.83. The van der Waals surface area contributed by atoms with Crippen LogP contribution in [0.1, 0.15) is 37.7 Å². The average Bonchev–Trinajstić information content (AvgIpc) is 2.84. The molecule has 0 N–H and O–H groups in total. The molecule has 2 saturated heterocycles. The van der Waals surface area contributed by atoms with Crippen LogP contribution >= 0.6 is 0 Å². The normalized spacial score (nSPS) is 19.1. The van der Waals surface area contributed by atoms with E-state index < -0.39 is 0 Å². The predicted molar refractivity (Wildman–Crippen MR) is 97.4 cm³/mol. The molecule has 0 aromatic carbocycles. The van der Waals surface area contributed by atoms with Crippen LogP contribution in [0, 0.1) is 6.92 Å². The number of hydrogen-bond donors (Lipinski definition) is 0. The van der Waals surface area contributed by atoms with Crippen LogP contribution in [0.25, 0.3) is 0 Å². The number of likely N-dealkylation sites (tertiary alicyclic amines) is 1. The Balaban J connectivity index is 1.47. The molecule has 136 valence electrons. The quantitative estimate of drug-likeness (QED) is 0.836. The third-order valence-corrected chi connectivity index (χ3v) is 5.18. The summed E-state index contributed by atoms with van der Waals surface area (Å²) in [5, 5.41) is 0. The monoisotopic (exact) mass is 344 g/mol. The van der Waals surface area contributed by atoms with Crippen molar-refractivity contribution in [3.8, 4) is 0 Å². The van der Waals surface area contributed by atoms with Crippen LogP contribution in [-0.2, 0) is 9.59 Å². The molecule has 0 atom stereocenters. The van der Waals surface area contributed by atoms with Crippen LogP contribution in [0.2, 0.25) is 0 Å². The van der Waals surface area contributed by atoms with Gasteiger partial charge in [0, 0.05) is 58.3 Å². The molecule has 0 saturated carbocycles. The van der Waals surface area contributed by atoms with Crippen LogP contribution in [-0.4, -0.2) is 65.9 Å². The summed E-state index contributed by atoms with van der Waals surface area (Å²) in [6, 6.07) is 4.01. The van der Waals surface area contributed by atoms with Crippen molar-refractivity contribution in [1.29, 1.82) is 0 Å². The first-order valence-electron chi connectivity index (χ1n) is 9.37. The molecule has 3 rings (SSSR count). The number of carbonyl (C=O) groups excluding carboxylic acids is 2. The lowest BCUT2D eigenvalue weighted by molar-refractivity contribution is -0.134. The van der Waals surface area contributed by atoms with Gasteiger partial charge in [0.15, 0.2) is 0 Å². The molecule has 1 aromatic rings. The molecule has 0 spiro atoms. The summed E-state index contributed by atoms with van der Waals surface area (Å²) in [6.07, 6.45) is 6.05. The number of rotatable bonds is 4. The van der Waals surface area contributed by atoms with E-state index in [1.54, 1.807) is 0 Å². The average molecular weight is 344 g/mol. The summed E-state index contributed by atoms with van der Waals surface area (Å²) >= 11 is 0. The summed E-state index contributed by atoms with van der Waals surface area (Å²) in [7, 11) is 0. The number of hydrogen-bond acceptors (Lipinski definition) is 4. The summed E-state index contributed by atoms with van der Waals surface area (Å²) in [4.78, 5) is 35.0. The van der Waals surface area contributed by atoms with Gasteiger partial charge >= 0.3 is 0 Å². The lowest BCUT2D eigenvalue weighted by Gasteiger charge is -2.36. The zero-order valence-corrected chi connectivity index (χ0v) is 15.1. The van der Waals surface area contributed by atoms with Crippen molar-refractivity contribution in [3.05, 3.63) is 23.9 Å². The number of nitrogens with zero attached hydrogens (tertiary/aromatic N) is 4. The van der Waals surface area contributed by atoms with E-state index >= 15 is 0 Å². The SMILES string of the molecule is Cc1cccnc1N1CCN(C(=O)CCN2CCCCCC2=O)CC1. The van der Waals surface area contributed by atoms with Crippen LogP contribution in [0.3, 0.4) is 0 Å². The minimum absolute atomic E-state index is 0.162. The van der Waals surface area contributed by atoms with Gasteiger partial charge in [-0.25, -0.2) is 4.98 Å². The zero-order chi connectivity index (χ0) is 17.6. The van der Waals surface area contributed by atoms with Gasteiger partial charge in [0.05, 0.1) is 0 Å². The maximum absolute atomic E-state index is 12.5. The molecule has 6 nitrogen and oxygen atoms in total. The fraction of sp³-hybridized carbons (Fsp3) is 0.632. The highest BCUT2D eigenvalue weighted by Gasteiger charge is 2.24. The highest BCUT2D eigenvalue weighted by atomic mass is 16.2. The molecule has 0 radical (unpaired) electrons. The standard InChI is InChI=1S/C19H28N4O2/c1-16-6-5-9-20-19(16)23-14-12-22(13-15-23)18(25)8-11-21-10-4-2-3-7-17(21)24/h5-6,9H,2-4,7-8,10-15H2,1H3. The Bertz CT molecular complexity index is 611. The van der Waals surface area contributed by atoms with Gasteiger partial charge in [-0.3, -0.25) is 9.59 Å². The van der Waals surface area contributed by atoms with E-state index in [4.69, 9.17) is 0 Å². The maximum atomic E-state index is 12.5. The van der Waals surface area contributed by atoms with E-state index in [1.165, 1.54) is 5.56 Å². The van der Waals surface area contributed by atoms with Crippen molar-refractivity contribution in [2.24, 2.45) is 0 Å². The van der Waals surface area contributed by atoms with Gasteiger partial charge in [-0.05, 0) is 31.4 Å². The van der Waals surface area contributed by atoms with Crippen molar-refractivity contribution in [2.75, 3.05) is 44.2 Å². The fourth-order valence-corrected chi connectivity index (χ4v) is 3.64. The van der Waals surface area contributed by atoms with Crippen molar-refractivity contribution in [1.82, 2.24) is 14.8 Å². The van der Waals surface area contributed by atoms with Gasteiger partial charge in [0.2, 0.25) is 11.8 Å². The van der Waals surface area contributed by atoms with Gasteiger partial charge < -0.3 is 14.7 Å². The molecule has 0 unspecified atom stereocenters. The fourth-order valence-electron chi connectivity index (χ4n) is 3.64. The van der Waals surface area contributed by atoms with E-state index in [0.29, 0.717) is 19.4 Å². The van der Waals surface area contributed by atoms with Crippen molar-refractivity contribution in [3.63, 3.8) is 0 Å². The summed E-state index contributed by atoms with van der Waals surface area (Å²) in [6.45, 7) is 6.51. The molecular weight excluding hydrogens is 316 g/mol. The van der Waals surface area contributed by atoms with E-state index in [2.05, 4.69) is 22.9 Å². The van der Waals surface area contributed by atoms with Gasteiger partial charge in [-0.1, -0.05) is 12.5 Å². The van der Waals surface area contributed by atoms with Gasteiger partial charge in [-0.15, -0.1) is 0 Å². The number of carbonyl (C=O) groups is 2. The Kier molecular flexibility index (Phi) is 5.89. The van der Waals surface area contributed by atoms with Gasteiger partial charge in [-0.2, -0.15) is 0 Å². The van der Waals surface area contributed by atoms with Gasteiger partial charge in [0.1, 0.15) is 5.82 Å². The number of aromatic nitrogens is 1. The van der Waals surface area contributed by atoms with E-state index in [0.717, 1.165) is 57.8 Å². The molecule has 2 amide bonds. The number of aryl methyl sites for hydroxylation is 1. The Morgan fingerprint density at radius 2 is 1.92 bits per heavy atom. The number of amides is 2. The van der Waals surface area contributed by atoms with E-state index in [1.807, 2.05) is 22.1 Å². The van der Waals surface area contributed by atoms with Crippen LogP contribution in [0.4, 0.5) is 5.82 Å². The minimum Gasteiger partial charge on any atom is -0.353 e. The van der Waals surface area contributed by atoms with E-state index in [-0.39, 0.29) is 11.8 Å². The molecule has 2 fully saturated rings. The smallest absolute Gasteiger partial charge is 0.224 e. The third-order valence-electron chi connectivity index (χ3n) is 5.18. The van der Waals surface area contributed by atoms with Crippen LogP contribution in [0.15, 0.2) is 18.3 Å². The molecule has 2 aliphatic rings. The second-order valence-corrected chi connectivity index (χ2v) is 6.95. The molecule has 0 bridgehead atoms. The van der Waals surface area contributed by atoms with Crippen LogP contribution < -0.4 is 4.90 Å². The maximum Gasteiger partial charge on any atom is 0.224 e. The Hall–Kier alpha value is -2.11. The lowest BCUT2D eigenvalue weighted by atomic mass is 10.2. The highest BCUT2D eigenvalue weighted by Crippen LogP contribution is 2.18. The summed E-state index contributed by atoms with van der Waals surface area (Å²) in [5.74, 6) is 1.39. The molecular formula is C19H28N4O2. The first-order chi connectivity index (χ1) is 12.1. The first-order valence-corrected chi connectivity index (χ1v) is 9.37. The zero-order valence-electron chi connectivity index (χ0n) is 15.1. The van der Waals surface area contributed by atoms with Crippen molar-refractivity contribution >= 4 is 17.6 Å². The first kappa shape index (κ1) is 17.7. The Labute approximate surface area is 149 Å². The Morgan fingerprint density at radius 3 is 2.68 bits per heavy atom. The molecule has 0 aliphatic carbocycles. The van der Waals surface area contributed by atoms with Crippen molar-refractivity contribution < 1.29 is 9.59 Å². The molecule has 25 heavy (non-hydrogen) atoms. The highest BCUT2D eigenvalue weighted by molar-refractivity contribution is 5.79. The summed E-state index contributed by atoms with van der Waals surface area (Å²) < 4.78 is 0. The Morgan fingerprint density at radius 1 is 1.12 bits per heavy atom. The minimum atomic E-state index is 0.162. The van der Waals surface area contributed by atoms with Gasteiger partial charge in [0.25, 0.3) is 0 Å². The molecule has 3 heterocycles. The summed E-state index contributed by atoms with van der Waals surface area (Å²) in [5.41, 5.74) is 1.17. The second-order valence-electron chi connectivity index (χ2n) is 6.95. The number of piperazine rings is 1. The number of pyridine rings is 1. The second kappa shape index (κ2) is 8.32.